The Morgan fingerprint density at radius 3 is 2.53 bits per heavy atom. The molecule has 4 nitrogen and oxygen atoms in total. The van der Waals surface area contributed by atoms with Gasteiger partial charge in [-0.25, -0.2) is 4.79 Å². The number of hydrogen-bond acceptors (Lipinski definition) is 3. The van der Waals surface area contributed by atoms with Crippen molar-refractivity contribution in [2.24, 2.45) is 5.92 Å². The van der Waals surface area contributed by atoms with Crippen LogP contribution in [-0.2, 0) is 0 Å². The highest BCUT2D eigenvalue weighted by atomic mass is 16.4. The lowest BCUT2D eigenvalue weighted by Gasteiger charge is -2.22. The van der Waals surface area contributed by atoms with Gasteiger partial charge in [0.2, 0.25) is 0 Å². The van der Waals surface area contributed by atoms with Crippen LogP contribution in [0.1, 0.15) is 29.8 Å². The van der Waals surface area contributed by atoms with E-state index in [9.17, 15) is 9.90 Å². The Morgan fingerprint density at radius 2 is 2.06 bits per heavy atom. The summed E-state index contributed by atoms with van der Waals surface area (Å²) in [5.74, 6) is -0.736. The average Bonchev–Trinajstić information content (AvgIpc) is 2.26. The molecule has 0 bridgehead atoms. The zero-order valence-corrected chi connectivity index (χ0v) is 10.4. The summed E-state index contributed by atoms with van der Waals surface area (Å²) in [5, 5.41) is 21.4. The van der Waals surface area contributed by atoms with Crippen LogP contribution in [0, 0.1) is 12.8 Å². The summed E-state index contributed by atoms with van der Waals surface area (Å²) in [4.78, 5) is 11.1. The van der Waals surface area contributed by atoms with Crippen LogP contribution in [0.5, 0.6) is 0 Å². The van der Waals surface area contributed by atoms with Gasteiger partial charge in [-0.2, -0.15) is 0 Å². The Balaban J connectivity index is 3.01. The molecule has 4 heteroatoms. The van der Waals surface area contributed by atoms with E-state index < -0.39 is 5.97 Å². The van der Waals surface area contributed by atoms with Gasteiger partial charge in [-0.3, -0.25) is 0 Å². The lowest BCUT2D eigenvalue weighted by molar-refractivity contribution is 0.0697. The molecular formula is C13H19NO3. The highest BCUT2D eigenvalue weighted by molar-refractivity contribution is 5.94. The minimum Gasteiger partial charge on any atom is -0.478 e. The zero-order chi connectivity index (χ0) is 13.0. The summed E-state index contributed by atoms with van der Waals surface area (Å²) >= 11 is 0. The Hall–Kier alpha value is -1.55. The molecule has 0 radical (unpaired) electrons. The van der Waals surface area contributed by atoms with Crippen molar-refractivity contribution < 1.29 is 15.0 Å². The number of benzene rings is 1. The van der Waals surface area contributed by atoms with Gasteiger partial charge in [-0.1, -0.05) is 25.5 Å². The summed E-state index contributed by atoms with van der Waals surface area (Å²) in [6.45, 7) is 5.78. The highest BCUT2D eigenvalue weighted by Crippen LogP contribution is 2.20. The number of rotatable bonds is 5. The van der Waals surface area contributed by atoms with E-state index >= 15 is 0 Å². The van der Waals surface area contributed by atoms with Crippen LogP contribution in [-0.4, -0.2) is 28.8 Å². The maximum absolute atomic E-state index is 11.1. The van der Waals surface area contributed by atoms with Gasteiger partial charge in [0.15, 0.2) is 0 Å². The first-order valence-electron chi connectivity index (χ1n) is 5.67. The van der Waals surface area contributed by atoms with Crippen LogP contribution in [0.25, 0.3) is 0 Å². The quantitative estimate of drug-likeness (QED) is 0.733. The Kier molecular flexibility index (Phi) is 4.52. The van der Waals surface area contributed by atoms with Crippen LogP contribution in [0.4, 0.5) is 5.69 Å². The predicted molar refractivity (Wildman–Crippen MR) is 67.5 cm³/mol. The number of hydrogen-bond donors (Lipinski definition) is 3. The first kappa shape index (κ1) is 13.5. The average molecular weight is 237 g/mol. The van der Waals surface area contributed by atoms with Gasteiger partial charge in [0.25, 0.3) is 0 Å². The third-order valence-corrected chi connectivity index (χ3v) is 2.75. The van der Waals surface area contributed by atoms with E-state index in [1.807, 2.05) is 26.8 Å². The molecule has 1 unspecified atom stereocenters. The highest BCUT2D eigenvalue weighted by Gasteiger charge is 2.16. The number of carbonyl (C=O) groups is 1. The predicted octanol–water partition coefficient (Wildman–Crippen LogP) is 2.12. The van der Waals surface area contributed by atoms with Crippen LogP contribution in [0.3, 0.4) is 0 Å². The van der Waals surface area contributed by atoms with Crippen LogP contribution in [0.2, 0.25) is 0 Å². The van der Waals surface area contributed by atoms with Gasteiger partial charge in [0.1, 0.15) is 0 Å². The molecule has 1 atom stereocenters. The molecule has 0 aliphatic heterocycles. The molecule has 0 spiro atoms. The molecule has 0 heterocycles. The number of aliphatic hydroxyl groups is 1. The maximum Gasteiger partial charge on any atom is 0.337 e. The van der Waals surface area contributed by atoms with Crippen molar-refractivity contribution in [2.75, 3.05) is 11.9 Å². The fourth-order valence-corrected chi connectivity index (χ4v) is 1.58. The number of anilines is 1. The summed E-state index contributed by atoms with van der Waals surface area (Å²) in [5.41, 5.74) is 1.69. The normalized spacial score (nSPS) is 12.5. The van der Waals surface area contributed by atoms with E-state index in [0.29, 0.717) is 5.69 Å². The number of carboxylic acids is 1. The van der Waals surface area contributed by atoms with E-state index in [4.69, 9.17) is 5.11 Å². The summed E-state index contributed by atoms with van der Waals surface area (Å²) in [6, 6.07) is 5.07. The SMILES string of the molecule is Cc1ccc(NC(CO)C(C)C)c(C(=O)O)c1. The fraction of sp³-hybridized carbons (Fsp3) is 0.462. The van der Waals surface area contributed by atoms with Gasteiger partial charge >= 0.3 is 5.97 Å². The molecule has 0 aromatic heterocycles. The monoisotopic (exact) mass is 237 g/mol. The van der Waals surface area contributed by atoms with Crippen molar-refractivity contribution >= 4 is 11.7 Å². The van der Waals surface area contributed by atoms with Gasteiger partial charge in [-0.15, -0.1) is 0 Å². The maximum atomic E-state index is 11.1. The number of carboxylic acid groups (broad SMARTS) is 1. The van der Waals surface area contributed by atoms with Gasteiger partial charge in [0, 0.05) is 5.69 Å². The molecule has 1 aromatic carbocycles. The van der Waals surface area contributed by atoms with Crippen LogP contribution < -0.4 is 5.32 Å². The molecule has 1 aromatic rings. The van der Waals surface area contributed by atoms with E-state index in [0.717, 1.165) is 5.56 Å². The van der Waals surface area contributed by atoms with Crippen molar-refractivity contribution in [1.82, 2.24) is 0 Å². The minimum atomic E-state index is -0.961. The van der Waals surface area contributed by atoms with Crippen molar-refractivity contribution in [2.45, 2.75) is 26.8 Å². The molecule has 0 aliphatic rings. The third kappa shape index (κ3) is 3.46. The Morgan fingerprint density at radius 1 is 1.41 bits per heavy atom. The molecule has 0 amide bonds. The molecule has 94 valence electrons. The van der Waals surface area contributed by atoms with Crippen molar-refractivity contribution in [3.63, 3.8) is 0 Å². The molecule has 0 saturated carbocycles. The van der Waals surface area contributed by atoms with E-state index in [-0.39, 0.29) is 24.1 Å². The van der Waals surface area contributed by atoms with Gasteiger partial charge in [-0.05, 0) is 25.0 Å². The molecule has 0 aliphatic carbocycles. The molecule has 0 fully saturated rings. The first-order valence-corrected chi connectivity index (χ1v) is 5.67. The second kappa shape index (κ2) is 5.68. The van der Waals surface area contributed by atoms with E-state index in [2.05, 4.69) is 5.32 Å². The Labute approximate surface area is 101 Å². The standard InChI is InChI=1S/C13H19NO3/c1-8(2)12(7-15)14-11-5-4-9(3)6-10(11)13(16)17/h4-6,8,12,14-15H,7H2,1-3H3,(H,16,17). The third-order valence-electron chi connectivity index (χ3n) is 2.75. The summed E-state index contributed by atoms with van der Waals surface area (Å²) in [6.07, 6.45) is 0. The molecule has 3 N–H and O–H groups in total. The minimum absolute atomic E-state index is 0.0232. The molecular weight excluding hydrogens is 218 g/mol. The number of aryl methyl sites for hydroxylation is 1. The lowest BCUT2D eigenvalue weighted by atomic mass is 10.0. The zero-order valence-electron chi connectivity index (χ0n) is 10.4. The lowest BCUT2D eigenvalue weighted by Crippen LogP contribution is -2.30. The molecule has 17 heavy (non-hydrogen) atoms. The smallest absolute Gasteiger partial charge is 0.337 e. The summed E-state index contributed by atoms with van der Waals surface area (Å²) in [7, 11) is 0. The van der Waals surface area contributed by atoms with Gasteiger partial charge < -0.3 is 15.5 Å². The second-order valence-electron chi connectivity index (χ2n) is 4.53. The van der Waals surface area contributed by atoms with Gasteiger partial charge in [0.05, 0.1) is 18.2 Å². The van der Waals surface area contributed by atoms with Crippen LogP contribution >= 0.6 is 0 Å². The first-order chi connectivity index (χ1) is 7.95. The topological polar surface area (TPSA) is 69.6 Å². The second-order valence-corrected chi connectivity index (χ2v) is 4.53. The van der Waals surface area contributed by atoms with Crippen molar-refractivity contribution in [3.05, 3.63) is 29.3 Å². The largest absolute Gasteiger partial charge is 0.478 e. The van der Waals surface area contributed by atoms with Crippen LogP contribution in [0.15, 0.2) is 18.2 Å². The fourth-order valence-electron chi connectivity index (χ4n) is 1.58. The van der Waals surface area contributed by atoms with Crippen molar-refractivity contribution in [3.8, 4) is 0 Å². The summed E-state index contributed by atoms with van der Waals surface area (Å²) < 4.78 is 0. The molecule has 1 rings (SSSR count). The number of nitrogens with one attached hydrogen (secondary N) is 1. The number of aromatic carboxylic acids is 1. The van der Waals surface area contributed by atoms with E-state index in [1.165, 1.54) is 0 Å². The van der Waals surface area contributed by atoms with E-state index in [1.54, 1.807) is 12.1 Å². The van der Waals surface area contributed by atoms with Crippen molar-refractivity contribution in [1.29, 1.82) is 0 Å². The molecule has 0 saturated heterocycles. The number of aliphatic hydroxyl groups excluding tert-OH is 1. The Bertz CT molecular complexity index is 402.